The molecule has 1 atom stereocenters. The van der Waals surface area contributed by atoms with E-state index in [2.05, 4.69) is 6.92 Å². The van der Waals surface area contributed by atoms with E-state index >= 15 is 0 Å². The van der Waals surface area contributed by atoms with Gasteiger partial charge in [-0.1, -0.05) is 19.1 Å². The number of carbonyl (C=O) groups excluding carboxylic acids is 1. The molecule has 13 heavy (non-hydrogen) atoms. The van der Waals surface area contributed by atoms with E-state index in [0.717, 1.165) is 17.0 Å². The fraction of sp³-hybridized carbons (Fsp3) is 0.500. The molecule has 0 aromatic carbocycles. The smallest absolute Gasteiger partial charge is 0.231 e. The number of carbonyl (C=O) groups is 1. The summed E-state index contributed by atoms with van der Waals surface area (Å²) in [5, 5.41) is 0.277. The minimum absolute atomic E-state index is 0.142. The summed E-state index contributed by atoms with van der Waals surface area (Å²) in [6.07, 6.45) is 1.53. The van der Waals surface area contributed by atoms with Gasteiger partial charge in [0.05, 0.1) is 17.5 Å². The lowest BCUT2D eigenvalue weighted by Crippen LogP contribution is -2.49. The third-order valence-electron chi connectivity index (χ3n) is 2.24. The van der Waals surface area contributed by atoms with Gasteiger partial charge in [-0.15, -0.1) is 11.8 Å². The first-order chi connectivity index (χ1) is 6.15. The molecule has 2 heterocycles. The molecule has 1 saturated heterocycles. The van der Waals surface area contributed by atoms with Crippen molar-refractivity contribution in [1.82, 2.24) is 4.90 Å². The monoisotopic (exact) mass is 214 g/mol. The summed E-state index contributed by atoms with van der Waals surface area (Å²) in [6.45, 7) is 2.05. The van der Waals surface area contributed by atoms with Gasteiger partial charge < -0.3 is 5.73 Å². The van der Waals surface area contributed by atoms with Gasteiger partial charge in [-0.05, 0) is 6.42 Å². The molecule has 0 aromatic heterocycles. The minimum atomic E-state index is 0.142. The zero-order valence-electron chi connectivity index (χ0n) is 7.24. The zero-order chi connectivity index (χ0) is 9.59. The highest BCUT2D eigenvalue weighted by Gasteiger charge is 2.45. The average Bonchev–Trinajstić information content (AvgIpc) is 2.37. The molecular formula is C8H10N2OS2. The van der Waals surface area contributed by atoms with Gasteiger partial charge in [0.2, 0.25) is 5.91 Å². The molecule has 2 rings (SSSR count). The number of β-lactam (4-membered cyclic amide) rings is 1. The van der Waals surface area contributed by atoms with Crippen LogP contribution in [0.15, 0.2) is 10.6 Å². The Bertz CT molecular complexity index is 324. The molecule has 0 saturated carbocycles. The number of thiocarbonyl (C=S) groups is 1. The second-order valence-electron chi connectivity index (χ2n) is 3.03. The van der Waals surface area contributed by atoms with Crippen LogP contribution in [0.2, 0.25) is 0 Å². The third kappa shape index (κ3) is 1.18. The van der Waals surface area contributed by atoms with Crippen LogP contribution in [0, 0.1) is 0 Å². The third-order valence-corrected chi connectivity index (χ3v) is 3.85. The second kappa shape index (κ2) is 2.99. The Balaban J connectivity index is 2.34. The van der Waals surface area contributed by atoms with E-state index in [4.69, 9.17) is 18.0 Å². The van der Waals surface area contributed by atoms with Crippen LogP contribution in [-0.4, -0.2) is 21.2 Å². The maximum Gasteiger partial charge on any atom is 0.231 e. The van der Waals surface area contributed by atoms with Gasteiger partial charge in [0.15, 0.2) is 0 Å². The maximum absolute atomic E-state index is 11.3. The summed E-state index contributed by atoms with van der Waals surface area (Å²) in [6, 6.07) is 0. The molecule has 5 heteroatoms. The Labute approximate surface area is 86.3 Å². The molecule has 0 aromatic rings. The number of allylic oxidation sites excluding steroid dienone is 1. The van der Waals surface area contributed by atoms with Gasteiger partial charge in [0, 0.05) is 4.91 Å². The number of fused-ring (bicyclic) bond motifs is 1. The molecule has 0 spiro atoms. The van der Waals surface area contributed by atoms with Gasteiger partial charge in [0.1, 0.15) is 4.99 Å². The lowest BCUT2D eigenvalue weighted by atomic mass is 10.1. The zero-order valence-corrected chi connectivity index (χ0v) is 8.87. The molecular weight excluding hydrogens is 204 g/mol. The van der Waals surface area contributed by atoms with Gasteiger partial charge in [0.25, 0.3) is 0 Å². The van der Waals surface area contributed by atoms with Crippen LogP contribution in [0.5, 0.6) is 0 Å². The highest BCUT2D eigenvalue weighted by Crippen LogP contribution is 2.46. The van der Waals surface area contributed by atoms with Crippen LogP contribution in [0.3, 0.4) is 0 Å². The van der Waals surface area contributed by atoms with Crippen LogP contribution < -0.4 is 5.73 Å². The Kier molecular flexibility index (Phi) is 2.08. The van der Waals surface area contributed by atoms with E-state index in [1.54, 1.807) is 16.7 Å². The summed E-state index contributed by atoms with van der Waals surface area (Å²) >= 11 is 6.65. The molecule has 0 radical (unpaired) electrons. The number of amides is 1. The fourth-order valence-electron chi connectivity index (χ4n) is 1.61. The lowest BCUT2D eigenvalue weighted by molar-refractivity contribution is -0.137. The van der Waals surface area contributed by atoms with Crippen LogP contribution in [-0.2, 0) is 4.79 Å². The van der Waals surface area contributed by atoms with E-state index in [9.17, 15) is 4.79 Å². The maximum atomic E-state index is 11.3. The number of thioether (sulfide) groups is 1. The minimum Gasteiger partial charge on any atom is -0.388 e. The normalized spacial score (nSPS) is 26.1. The molecule has 0 bridgehead atoms. The summed E-state index contributed by atoms with van der Waals surface area (Å²) < 4.78 is 0. The van der Waals surface area contributed by atoms with Crippen LogP contribution in [0.4, 0.5) is 0 Å². The molecule has 70 valence electrons. The molecule has 2 aliphatic heterocycles. The first-order valence-electron chi connectivity index (χ1n) is 4.16. The highest BCUT2D eigenvalue weighted by molar-refractivity contribution is 8.04. The van der Waals surface area contributed by atoms with Crippen LogP contribution in [0.25, 0.3) is 0 Å². The number of hydrogen-bond donors (Lipinski definition) is 1. The standard InChI is InChI=1S/C8H10N2OS2/c1-2-4-7(8(9)12)10-5(11)3-6(10)13-4/h6H,2-3H2,1H3,(H2,9,12)/t6-/m1/s1. The number of nitrogens with two attached hydrogens (primary N) is 1. The second-order valence-corrected chi connectivity index (χ2v) is 4.74. The summed E-state index contributed by atoms with van der Waals surface area (Å²) in [5.74, 6) is 0.142. The lowest BCUT2D eigenvalue weighted by Gasteiger charge is -2.35. The van der Waals surface area contributed by atoms with E-state index < -0.39 is 0 Å². The van der Waals surface area contributed by atoms with Crippen molar-refractivity contribution in [2.45, 2.75) is 25.1 Å². The van der Waals surface area contributed by atoms with E-state index in [1.807, 2.05) is 0 Å². The first kappa shape index (κ1) is 9.02. The van der Waals surface area contributed by atoms with Crippen molar-refractivity contribution >= 4 is 34.9 Å². The molecule has 3 nitrogen and oxygen atoms in total. The summed E-state index contributed by atoms with van der Waals surface area (Å²) in [7, 11) is 0. The topological polar surface area (TPSA) is 46.3 Å². The van der Waals surface area contributed by atoms with Gasteiger partial charge in [-0.2, -0.15) is 0 Å². The largest absolute Gasteiger partial charge is 0.388 e. The van der Waals surface area contributed by atoms with Gasteiger partial charge in [-0.3, -0.25) is 9.69 Å². The molecule has 1 amide bonds. The first-order valence-corrected chi connectivity index (χ1v) is 5.45. The van der Waals surface area contributed by atoms with Crippen molar-refractivity contribution in [2.24, 2.45) is 5.73 Å². The van der Waals surface area contributed by atoms with Crippen molar-refractivity contribution in [3.63, 3.8) is 0 Å². The Morgan fingerprint density at radius 3 is 3.00 bits per heavy atom. The molecule has 2 N–H and O–H groups in total. The Morgan fingerprint density at radius 2 is 2.54 bits per heavy atom. The van der Waals surface area contributed by atoms with Crippen molar-refractivity contribution in [2.75, 3.05) is 0 Å². The SMILES string of the molecule is CCC1=C(C(N)=S)N2C(=O)C[C@H]2S1. The Morgan fingerprint density at radius 1 is 1.85 bits per heavy atom. The predicted molar refractivity (Wildman–Crippen MR) is 56.9 cm³/mol. The van der Waals surface area contributed by atoms with Crippen molar-refractivity contribution < 1.29 is 4.79 Å². The van der Waals surface area contributed by atoms with Crippen molar-refractivity contribution in [3.05, 3.63) is 10.6 Å². The van der Waals surface area contributed by atoms with E-state index in [1.165, 1.54) is 0 Å². The molecule has 2 aliphatic rings. The van der Waals surface area contributed by atoms with Gasteiger partial charge in [-0.25, -0.2) is 0 Å². The van der Waals surface area contributed by atoms with Gasteiger partial charge >= 0.3 is 0 Å². The number of nitrogens with zero attached hydrogens (tertiary/aromatic N) is 1. The average molecular weight is 214 g/mol. The highest BCUT2D eigenvalue weighted by atomic mass is 32.2. The summed E-state index contributed by atoms with van der Waals surface area (Å²) in [4.78, 5) is 14.5. The fourth-order valence-corrected chi connectivity index (χ4v) is 3.27. The summed E-state index contributed by atoms with van der Waals surface area (Å²) in [5.41, 5.74) is 6.37. The molecule has 0 aliphatic carbocycles. The van der Waals surface area contributed by atoms with Crippen LogP contribution >= 0.6 is 24.0 Å². The number of rotatable bonds is 2. The number of hydrogen-bond acceptors (Lipinski definition) is 3. The molecule has 1 fully saturated rings. The van der Waals surface area contributed by atoms with Crippen LogP contribution in [0.1, 0.15) is 19.8 Å². The van der Waals surface area contributed by atoms with Crippen molar-refractivity contribution in [3.8, 4) is 0 Å². The van der Waals surface area contributed by atoms with Crippen molar-refractivity contribution in [1.29, 1.82) is 0 Å². The molecule has 0 unspecified atom stereocenters. The van der Waals surface area contributed by atoms with E-state index in [0.29, 0.717) is 11.4 Å². The van der Waals surface area contributed by atoms with E-state index in [-0.39, 0.29) is 11.3 Å². The quantitative estimate of drug-likeness (QED) is 0.554. The predicted octanol–water partition coefficient (Wildman–Crippen LogP) is 1.20. The Hall–Kier alpha value is -0.550.